The topological polar surface area (TPSA) is 196 Å². The van der Waals surface area contributed by atoms with Crippen LogP contribution in [0.5, 0.6) is 11.5 Å². The number of anilines is 1. The zero-order chi connectivity index (χ0) is 23.2. The fourth-order valence-electron chi connectivity index (χ4n) is 3.73. The molecule has 1 fully saturated rings. The van der Waals surface area contributed by atoms with Gasteiger partial charge in [-0.3, -0.25) is 4.57 Å². The molecule has 0 bridgehead atoms. The monoisotopic (exact) mass is 479 g/mol. The molecule has 3 aromatic rings. The van der Waals surface area contributed by atoms with E-state index in [1.807, 2.05) is 18.2 Å². The summed E-state index contributed by atoms with van der Waals surface area (Å²) in [6, 6.07) is 5.60. The van der Waals surface area contributed by atoms with Gasteiger partial charge in [0.15, 0.2) is 34.7 Å². The fraction of sp³-hybridized carbons (Fsp3) is 0.389. The first-order chi connectivity index (χ1) is 15.8. The first kappa shape index (κ1) is 21.7. The highest BCUT2D eigenvalue weighted by molar-refractivity contribution is 7.87. The molecule has 2 aliphatic heterocycles. The van der Waals surface area contributed by atoms with Crippen molar-refractivity contribution in [1.82, 2.24) is 24.2 Å². The lowest BCUT2D eigenvalue weighted by molar-refractivity contribution is -0.0330. The Morgan fingerprint density at radius 3 is 2.79 bits per heavy atom. The molecular weight excluding hydrogens is 458 g/mol. The van der Waals surface area contributed by atoms with E-state index in [9.17, 15) is 18.6 Å². The lowest BCUT2D eigenvalue weighted by Gasteiger charge is -2.16. The molecule has 0 radical (unpaired) electrons. The Labute approximate surface area is 187 Å². The van der Waals surface area contributed by atoms with Crippen LogP contribution in [0.25, 0.3) is 11.2 Å². The summed E-state index contributed by atoms with van der Waals surface area (Å²) in [6.45, 7) is 0.314. The van der Waals surface area contributed by atoms with Gasteiger partial charge in [-0.2, -0.15) is 13.1 Å². The van der Waals surface area contributed by atoms with Gasteiger partial charge in [0, 0.05) is 13.1 Å². The summed E-state index contributed by atoms with van der Waals surface area (Å²) in [7, 11) is -3.98. The number of hydrogen-bond acceptors (Lipinski definition) is 11. The molecule has 0 amide bonds. The number of aliphatic hydroxyl groups is 2. The molecule has 0 spiro atoms. The van der Waals surface area contributed by atoms with E-state index in [0.717, 1.165) is 5.56 Å². The Hall–Kier alpha value is -3.08. The third-order valence-electron chi connectivity index (χ3n) is 5.35. The highest BCUT2D eigenvalue weighted by Crippen LogP contribution is 2.34. The van der Waals surface area contributed by atoms with Crippen LogP contribution in [0.1, 0.15) is 11.8 Å². The largest absolute Gasteiger partial charge is 0.454 e. The molecular formula is C18H21N7O7S. The maximum absolute atomic E-state index is 11.1. The van der Waals surface area contributed by atoms with Crippen LogP contribution in [0.4, 0.5) is 5.82 Å². The van der Waals surface area contributed by atoms with Crippen LogP contribution in [0.15, 0.2) is 30.9 Å². The third-order valence-corrected chi connectivity index (χ3v) is 5.92. The first-order valence-electron chi connectivity index (χ1n) is 9.89. The zero-order valence-electron chi connectivity index (χ0n) is 17.0. The number of nitrogens with one attached hydrogen (secondary N) is 2. The SMILES string of the molecule is NS(=O)(=O)NC[C@H]1O[C@@H](n2cnc3c(NCc4ccc5c(c4)OCO5)ncnc32)[C@H](O)[C@@H]1O. The first-order valence-corrected chi connectivity index (χ1v) is 11.4. The van der Waals surface area contributed by atoms with E-state index in [1.165, 1.54) is 17.2 Å². The maximum Gasteiger partial charge on any atom is 0.274 e. The number of aliphatic hydroxyl groups excluding tert-OH is 2. The molecule has 33 heavy (non-hydrogen) atoms. The molecule has 6 N–H and O–H groups in total. The molecule has 5 rings (SSSR count). The van der Waals surface area contributed by atoms with E-state index in [4.69, 9.17) is 19.3 Å². The van der Waals surface area contributed by atoms with Crippen LogP contribution in [0.3, 0.4) is 0 Å². The summed E-state index contributed by atoms with van der Waals surface area (Å²) in [4.78, 5) is 12.8. The molecule has 0 saturated carbocycles. The summed E-state index contributed by atoms with van der Waals surface area (Å²) < 4.78 is 42.2. The smallest absolute Gasteiger partial charge is 0.274 e. The van der Waals surface area contributed by atoms with Gasteiger partial charge >= 0.3 is 0 Å². The van der Waals surface area contributed by atoms with Crippen molar-refractivity contribution in [2.24, 2.45) is 5.14 Å². The average Bonchev–Trinajstić information content (AvgIpc) is 3.49. The normalized spacial score (nSPS) is 24.5. The Morgan fingerprint density at radius 1 is 1.15 bits per heavy atom. The minimum absolute atomic E-state index is 0.193. The van der Waals surface area contributed by atoms with Gasteiger partial charge in [0.05, 0.1) is 6.33 Å². The van der Waals surface area contributed by atoms with E-state index in [1.54, 1.807) is 0 Å². The second-order valence-electron chi connectivity index (χ2n) is 7.53. The van der Waals surface area contributed by atoms with E-state index >= 15 is 0 Å². The van der Waals surface area contributed by atoms with Gasteiger partial charge in [0.1, 0.15) is 24.6 Å². The lowest BCUT2D eigenvalue weighted by atomic mass is 10.1. The molecule has 2 aliphatic rings. The van der Waals surface area contributed by atoms with Crippen molar-refractivity contribution in [3.05, 3.63) is 36.4 Å². The van der Waals surface area contributed by atoms with Crippen molar-refractivity contribution in [2.75, 3.05) is 18.7 Å². The van der Waals surface area contributed by atoms with Gasteiger partial charge in [-0.05, 0) is 17.7 Å². The van der Waals surface area contributed by atoms with Gasteiger partial charge in [-0.25, -0.2) is 20.1 Å². The van der Waals surface area contributed by atoms with Gasteiger partial charge in [-0.15, -0.1) is 0 Å². The summed E-state index contributed by atoms with van der Waals surface area (Å²) in [6.07, 6.45) is -2.04. The number of ether oxygens (including phenoxy) is 3. The number of nitrogens with two attached hydrogens (primary N) is 1. The molecule has 2 aromatic heterocycles. The zero-order valence-corrected chi connectivity index (χ0v) is 17.8. The average molecular weight is 479 g/mol. The van der Waals surface area contributed by atoms with Crippen molar-refractivity contribution in [3.8, 4) is 11.5 Å². The van der Waals surface area contributed by atoms with Crippen LogP contribution in [0.2, 0.25) is 0 Å². The summed E-state index contributed by atoms with van der Waals surface area (Å²) in [5.74, 6) is 1.82. The molecule has 176 valence electrons. The van der Waals surface area contributed by atoms with Crippen molar-refractivity contribution in [1.29, 1.82) is 0 Å². The third kappa shape index (κ3) is 4.29. The summed E-state index contributed by atoms with van der Waals surface area (Å²) in [5, 5.41) is 28.9. The molecule has 4 heterocycles. The Kier molecular flexibility index (Phi) is 5.51. The van der Waals surface area contributed by atoms with Crippen LogP contribution in [-0.2, 0) is 21.5 Å². The predicted octanol–water partition coefficient (Wildman–Crippen LogP) is -1.42. The number of aromatic nitrogens is 4. The molecule has 4 atom stereocenters. The van der Waals surface area contributed by atoms with Crippen molar-refractivity contribution in [2.45, 2.75) is 31.1 Å². The number of rotatable bonds is 7. The number of hydrogen-bond donors (Lipinski definition) is 5. The molecule has 1 saturated heterocycles. The van der Waals surface area contributed by atoms with Crippen LogP contribution in [0, 0.1) is 0 Å². The minimum Gasteiger partial charge on any atom is -0.454 e. The second-order valence-corrected chi connectivity index (χ2v) is 8.91. The Morgan fingerprint density at radius 2 is 1.97 bits per heavy atom. The summed E-state index contributed by atoms with van der Waals surface area (Å²) in [5.41, 5.74) is 1.72. The van der Waals surface area contributed by atoms with Gasteiger partial charge in [-0.1, -0.05) is 6.07 Å². The number of fused-ring (bicyclic) bond motifs is 2. The maximum atomic E-state index is 11.1. The minimum atomic E-state index is -3.98. The molecule has 0 unspecified atom stereocenters. The van der Waals surface area contributed by atoms with Crippen molar-refractivity contribution >= 4 is 27.2 Å². The lowest BCUT2D eigenvalue weighted by Crippen LogP contribution is -2.42. The van der Waals surface area contributed by atoms with E-state index < -0.39 is 34.7 Å². The van der Waals surface area contributed by atoms with Gasteiger partial charge in [0.25, 0.3) is 10.2 Å². The second kappa shape index (κ2) is 8.36. The van der Waals surface area contributed by atoms with Gasteiger partial charge < -0.3 is 29.7 Å². The highest BCUT2D eigenvalue weighted by Gasteiger charge is 2.44. The van der Waals surface area contributed by atoms with Crippen molar-refractivity contribution in [3.63, 3.8) is 0 Å². The van der Waals surface area contributed by atoms with E-state index in [2.05, 4.69) is 25.0 Å². The van der Waals surface area contributed by atoms with E-state index in [0.29, 0.717) is 35.0 Å². The molecule has 0 aliphatic carbocycles. The molecule has 15 heteroatoms. The Bertz CT molecular complexity index is 1280. The summed E-state index contributed by atoms with van der Waals surface area (Å²) >= 11 is 0. The predicted molar refractivity (Wildman–Crippen MR) is 112 cm³/mol. The van der Waals surface area contributed by atoms with Crippen LogP contribution < -0.4 is 24.7 Å². The fourth-order valence-corrected chi connectivity index (χ4v) is 4.13. The van der Waals surface area contributed by atoms with Crippen LogP contribution in [-0.4, -0.2) is 69.8 Å². The van der Waals surface area contributed by atoms with E-state index in [-0.39, 0.29) is 13.3 Å². The molecule has 14 nitrogen and oxygen atoms in total. The molecule has 1 aromatic carbocycles. The van der Waals surface area contributed by atoms with Crippen LogP contribution >= 0.6 is 0 Å². The van der Waals surface area contributed by atoms with Crippen molar-refractivity contribution < 1.29 is 32.8 Å². The quantitative estimate of drug-likeness (QED) is 0.267. The highest BCUT2D eigenvalue weighted by atomic mass is 32.2. The number of benzene rings is 1. The Balaban J connectivity index is 1.34. The number of imidazole rings is 1. The van der Waals surface area contributed by atoms with Gasteiger partial charge in [0.2, 0.25) is 6.79 Å². The standard InChI is InChI=1S/C18H21N7O7S/c19-33(28,29)24-5-12-14(26)15(27)18(32-12)25-7-23-13-16(21-6-22-17(13)25)20-4-9-1-2-10-11(3-9)31-8-30-10/h1-3,6-7,12,14-15,18,24,26-27H,4-5,8H2,(H2,19,28,29)(H,20,21,22)/t12-,14-,15-,18-/m1/s1. The number of nitrogens with zero attached hydrogens (tertiary/aromatic N) is 4.